The van der Waals surface area contributed by atoms with Gasteiger partial charge in [-0.05, 0) is 12.5 Å². The second-order valence-corrected chi connectivity index (χ2v) is 2.39. The summed E-state index contributed by atoms with van der Waals surface area (Å²) in [6.07, 6.45) is 6.50. The van der Waals surface area contributed by atoms with Crippen molar-refractivity contribution in [2.24, 2.45) is 0 Å². The molecule has 0 radical (unpaired) electrons. The molecule has 3 heteroatoms. The first kappa shape index (κ1) is 6.34. The Labute approximate surface area is 64.7 Å². The lowest BCUT2D eigenvalue weighted by atomic mass is 10.3. The van der Waals surface area contributed by atoms with Gasteiger partial charge in [0.25, 0.3) is 0 Å². The molecule has 0 N–H and O–H groups in total. The average Bonchev–Trinajstić information content (AvgIpc) is 2.50. The van der Waals surface area contributed by atoms with Gasteiger partial charge < -0.3 is 0 Å². The number of fused-ring (bicyclic) bond motifs is 1. The third-order valence-corrected chi connectivity index (χ3v) is 1.75. The van der Waals surface area contributed by atoms with Gasteiger partial charge in [-0.25, -0.2) is 9.97 Å². The molecule has 0 aliphatic carbocycles. The van der Waals surface area contributed by atoms with Crippen molar-refractivity contribution in [2.45, 2.75) is 13.3 Å². The van der Waals surface area contributed by atoms with E-state index in [9.17, 15) is 0 Å². The highest BCUT2D eigenvalue weighted by molar-refractivity contribution is 5.29. The third-order valence-electron chi connectivity index (χ3n) is 1.75. The van der Waals surface area contributed by atoms with E-state index in [1.54, 1.807) is 12.4 Å². The maximum atomic E-state index is 4.10. The molecule has 0 atom stereocenters. The van der Waals surface area contributed by atoms with E-state index in [0.29, 0.717) is 0 Å². The number of hydrogen-bond donors (Lipinski definition) is 0. The van der Waals surface area contributed by atoms with Crippen molar-refractivity contribution in [1.29, 1.82) is 0 Å². The average molecular weight is 147 g/mol. The minimum atomic E-state index is 0.782. The van der Waals surface area contributed by atoms with Gasteiger partial charge in [0.15, 0.2) is 0 Å². The minimum absolute atomic E-state index is 0.782. The lowest BCUT2D eigenvalue weighted by Crippen LogP contribution is -1.94. The summed E-state index contributed by atoms with van der Waals surface area (Å²) in [7, 11) is 0. The Kier molecular flexibility index (Phi) is 1.35. The highest BCUT2D eigenvalue weighted by Gasteiger charge is 1.96. The Hall–Kier alpha value is -1.38. The Morgan fingerprint density at radius 2 is 2.18 bits per heavy atom. The number of rotatable bonds is 1. The molecular weight excluding hydrogens is 138 g/mol. The van der Waals surface area contributed by atoms with Crippen LogP contribution in [0.2, 0.25) is 0 Å². The van der Waals surface area contributed by atoms with Crippen LogP contribution in [0.5, 0.6) is 0 Å². The molecule has 2 aromatic rings. The van der Waals surface area contributed by atoms with Gasteiger partial charge in [-0.2, -0.15) is 0 Å². The monoisotopic (exact) mass is 147 g/mol. The maximum absolute atomic E-state index is 4.10. The van der Waals surface area contributed by atoms with Gasteiger partial charge >= 0.3 is 0 Å². The van der Waals surface area contributed by atoms with Crippen LogP contribution in [0.4, 0.5) is 0 Å². The lowest BCUT2D eigenvalue weighted by Gasteiger charge is -1.98. The fourth-order valence-electron chi connectivity index (χ4n) is 1.17. The number of imidazole rings is 1. The Morgan fingerprint density at radius 3 is 3.00 bits per heavy atom. The first-order chi connectivity index (χ1) is 5.42. The number of hydrogen-bond acceptors (Lipinski definition) is 2. The molecule has 2 heterocycles. The maximum Gasteiger partial charge on any atom is 0.233 e. The topological polar surface area (TPSA) is 30.2 Å². The molecule has 56 valence electrons. The van der Waals surface area contributed by atoms with Crippen molar-refractivity contribution in [3.63, 3.8) is 0 Å². The summed E-state index contributed by atoms with van der Waals surface area (Å²) in [5.41, 5.74) is 1.24. The molecule has 3 nitrogen and oxygen atoms in total. The van der Waals surface area contributed by atoms with E-state index in [4.69, 9.17) is 0 Å². The van der Waals surface area contributed by atoms with Gasteiger partial charge in [0, 0.05) is 24.3 Å². The molecule has 0 amide bonds. The minimum Gasteiger partial charge on any atom is -0.288 e. The first-order valence-corrected chi connectivity index (χ1v) is 3.69. The fourth-order valence-corrected chi connectivity index (χ4v) is 1.17. The quantitative estimate of drug-likeness (QED) is 0.608. The summed E-state index contributed by atoms with van der Waals surface area (Å²) in [6.45, 7) is 2.12. The van der Waals surface area contributed by atoms with Crippen molar-refractivity contribution in [3.8, 4) is 0 Å². The molecule has 0 aromatic carbocycles. The molecule has 0 saturated carbocycles. The Bertz CT molecular complexity index is 364. The molecule has 0 aliphatic rings. The smallest absolute Gasteiger partial charge is 0.233 e. The summed E-state index contributed by atoms with van der Waals surface area (Å²) in [6, 6.07) is 2.01. The Balaban J connectivity index is 2.79. The van der Waals surface area contributed by atoms with E-state index in [2.05, 4.69) is 16.9 Å². The molecule has 0 saturated heterocycles. The van der Waals surface area contributed by atoms with Gasteiger partial charge in [-0.3, -0.25) is 4.40 Å². The van der Waals surface area contributed by atoms with Crippen LogP contribution in [0.15, 0.2) is 24.7 Å². The van der Waals surface area contributed by atoms with Gasteiger partial charge in [0.05, 0.1) is 0 Å². The van der Waals surface area contributed by atoms with E-state index < -0.39 is 0 Å². The van der Waals surface area contributed by atoms with Gasteiger partial charge in [0.2, 0.25) is 5.78 Å². The van der Waals surface area contributed by atoms with Crippen molar-refractivity contribution < 1.29 is 0 Å². The van der Waals surface area contributed by atoms with Crippen LogP contribution >= 0.6 is 0 Å². The second kappa shape index (κ2) is 2.34. The summed E-state index contributed by atoms with van der Waals surface area (Å²) < 4.78 is 2.00. The zero-order valence-corrected chi connectivity index (χ0v) is 6.36. The van der Waals surface area contributed by atoms with Crippen molar-refractivity contribution in [1.82, 2.24) is 14.4 Å². The first-order valence-electron chi connectivity index (χ1n) is 3.69. The lowest BCUT2D eigenvalue weighted by molar-refractivity contribution is 0.954. The number of aryl methyl sites for hydroxylation is 1. The van der Waals surface area contributed by atoms with Crippen LogP contribution in [0, 0.1) is 0 Å². The van der Waals surface area contributed by atoms with Crippen LogP contribution in [0.1, 0.15) is 12.6 Å². The highest BCUT2D eigenvalue weighted by Crippen LogP contribution is 2.02. The third kappa shape index (κ3) is 0.888. The number of aromatic nitrogens is 3. The van der Waals surface area contributed by atoms with E-state index >= 15 is 0 Å². The standard InChI is InChI=1S/C8H9N3/c1-2-7-3-4-9-8-10-5-6-11(7)8/h3-6H,2H2,1H3. The van der Waals surface area contributed by atoms with E-state index in [0.717, 1.165) is 12.2 Å². The molecule has 2 aromatic heterocycles. The van der Waals surface area contributed by atoms with Crippen LogP contribution < -0.4 is 0 Å². The molecule has 0 aliphatic heterocycles. The summed E-state index contributed by atoms with van der Waals surface area (Å²) in [5.74, 6) is 0.782. The molecular formula is C8H9N3. The van der Waals surface area contributed by atoms with Gasteiger partial charge in [-0.1, -0.05) is 6.92 Å². The molecule has 11 heavy (non-hydrogen) atoms. The SMILES string of the molecule is CCc1ccnc2nccn12. The highest BCUT2D eigenvalue weighted by atomic mass is 15.1. The Morgan fingerprint density at radius 1 is 1.36 bits per heavy atom. The predicted octanol–water partition coefficient (Wildman–Crippen LogP) is 1.29. The van der Waals surface area contributed by atoms with E-state index in [-0.39, 0.29) is 0 Å². The predicted molar refractivity (Wildman–Crippen MR) is 42.4 cm³/mol. The van der Waals surface area contributed by atoms with E-state index in [1.807, 2.05) is 16.7 Å². The van der Waals surface area contributed by atoms with Crippen LogP contribution in [-0.4, -0.2) is 14.4 Å². The van der Waals surface area contributed by atoms with Crippen LogP contribution in [0.25, 0.3) is 5.78 Å². The summed E-state index contributed by atoms with van der Waals surface area (Å²) in [4.78, 5) is 8.18. The summed E-state index contributed by atoms with van der Waals surface area (Å²) in [5, 5.41) is 0. The van der Waals surface area contributed by atoms with Crippen molar-refractivity contribution in [3.05, 3.63) is 30.4 Å². The van der Waals surface area contributed by atoms with Crippen LogP contribution in [-0.2, 0) is 6.42 Å². The summed E-state index contributed by atoms with van der Waals surface area (Å²) >= 11 is 0. The normalized spacial score (nSPS) is 10.6. The molecule has 0 bridgehead atoms. The van der Waals surface area contributed by atoms with Gasteiger partial charge in [0.1, 0.15) is 0 Å². The zero-order valence-electron chi connectivity index (χ0n) is 6.36. The van der Waals surface area contributed by atoms with Crippen molar-refractivity contribution in [2.75, 3.05) is 0 Å². The zero-order chi connectivity index (χ0) is 7.68. The number of nitrogens with zero attached hydrogens (tertiary/aromatic N) is 3. The fraction of sp³-hybridized carbons (Fsp3) is 0.250. The largest absolute Gasteiger partial charge is 0.288 e. The van der Waals surface area contributed by atoms with E-state index in [1.165, 1.54) is 5.69 Å². The molecule has 0 fully saturated rings. The molecule has 0 unspecified atom stereocenters. The van der Waals surface area contributed by atoms with Crippen molar-refractivity contribution >= 4 is 5.78 Å². The van der Waals surface area contributed by atoms with Gasteiger partial charge in [-0.15, -0.1) is 0 Å². The molecule has 0 spiro atoms. The van der Waals surface area contributed by atoms with Crippen LogP contribution in [0.3, 0.4) is 0 Å². The second-order valence-electron chi connectivity index (χ2n) is 2.39. The molecule has 2 rings (SSSR count).